The van der Waals surface area contributed by atoms with Crippen LogP contribution in [0.3, 0.4) is 0 Å². The zero-order valence-corrected chi connectivity index (χ0v) is 20.7. The molecule has 188 valence electrons. The summed E-state index contributed by atoms with van der Waals surface area (Å²) in [5, 5.41) is 0. The SMILES string of the molecule is COC(=O)CO[C@H]1CC[C@H](N2CCN(CCC3CCN(C(=O)OC(C)(C)C)CC3)C2=O)CC1. The van der Waals surface area contributed by atoms with Crippen LogP contribution in [0.4, 0.5) is 9.59 Å². The molecule has 0 spiro atoms. The molecule has 0 N–H and O–H groups in total. The zero-order chi connectivity index (χ0) is 24.0. The van der Waals surface area contributed by atoms with Gasteiger partial charge in [-0.3, -0.25) is 0 Å². The first-order valence-corrected chi connectivity index (χ1v) is 12.4. The number of likely N-dealkylation sites (tertiary alicyclic amines) is 1. The second-order valence-electron chi connectivity index (χ2n) is 10.5. The lowest BCUT2D eigenvalue weighted by Gasteiger charge is -2.35. The van der Waals surface area contributed by atoms with E-state index in [2.05, 4.69) is 4.74 Å². The highest BCUT2D eigenvalue weighted by Gasteiger charge is 2.36. The Kier molecular flexibility index (Phi) is 8.84. The molecule has 2 aliphatic heterocycles. The molecule has 9 heteroatoms. The predicted octanol–water partition coefficient (Wildman–Crippen LogP) is 3.26. The molecule has 3 rings (SSSR count). The van der Waals surface area contributed by atoms with E-state index in [1.54, 1.807) is 4.90 Å². The van der Waals surface area contributed by atoms with E-state index in [0.717, 1.165) is 77.7 Å². The molecule has 3 aliphatic rings. The van der Waals surface area contributed by atoms with Gasteiger partial charge in [0.25, 0.3) is 0 Å². The van der Waals surface area contributed by atoms with Crippen molar-refractivity contribution in [3.63, 3.8) is 0 Å². The van der Waals surface area contributed by atoms with Crippen LogP contribution in [0.1, 0.15) is 65.7 Å². The molecule has 0 aromatic rings. The van der Waals surface area contributed by atoms with Crippen LogP contribution >= 0.6 is 0 Å². The maximum absolute atomic E-state index is 13.0. The second kappa shape index (κ2) is 11.4. The quantitative estimate of drug-likeness (QED) is 0.534. The van der Waals surface area contributed by atoms with Gasteiger partial charge in [0.1, 0.15) is 12.2 Å². The van der Waals surface area contributed by atoms with Gasteiger partial charge in [0.2, 0.25) is 0 Å². The third-order valence-corrected chi connectivity index (χ3v) is 6.95. The van der Waals surface area contributed by atoms with Crippen molar-refractivity contribution in [1.29, 1.82) is 0 Å². The van der Waals surface area contributed by atoms with Gasteiger partial charge in [-0.15, -0.1) is 0 Å². The van der Waals surface area contributed by atoms with E-state index in [0.29, 0.717) is 5.92 Å². The van der Waals surface area contributed by atoms with Gasteiger partial charge >= 0.3 is 18.1 Å². The highest BCUT2D eigenvalue weighted by molar-refractivity contribution is 5.77. The molecular weight excluding hydrogens is 426 g/mol. The van der Waals surface area contributed by atoms with Crippen molar-refractivity contribution in [1.82, 2.24) is 14.7 Å². The molecule has 0 bridgehead atoms. The fraction of sp³-hybridized carbons (Fsp3) is 0.875. The Hall–Kier alpha value is -2.03. The summed E-state index contributed by atoms with van der Waals surface area (Å²) in [6.07, 6.45) is 6.29. The molecule has 0 radical (unpaired) electrons. The zero-order valence-electron chi connectivity index (χ0n) is 20.7. The lowest BCUT2D eigenvalue weighted by molar-refractivity contribution is -0.148. The Labute approximate surface area is 197 Å². The summed E-state index contributed by atoms with van der Waals surface area (Å²) < 4.78 is 15.7. The Balaban J connectivity index is 1.34. The highest BCUT2D eigenvalue weighted by atomic mass is 16.6. The molecule has 0 aromatic heterocycles. The molecule has 0 unspecified atom stereocenters. The molecular formula is C24H41N3O6. The minimum atomic E-state index is -0.467. The van der Waals surface area contributed by atoms with Crippen molar-refractivity contribution in [2.24, 2.45) is 5.92 Å². The van der Waals surface area contributed by atoms with Crippen LogP contribution in [0.15, 0.2) is 0 Å². The maximum atomic E-state index is 13.0. The van der Waals surface area contributed by atoms with Gasteiger partial charge in [0.05, 0.1) is 13.2 Å². The average molecular weight is 468 g/mol. The van der Waals surface area contributed by atoms with Crippen LogP contribution in [-0.2, 0) is 19.0 Å². The van der Waals surface area contributed by atoms with Gasteiger partial charge in [-0.2, -0.15) is 0 Å². The molecule has 1 saturated carbocycles. The Morgan fingerprint density at radius 2 is 1.64 bits per heavy atom. The third-order valence-electron chi connectivity index (χ3n) is 6.95. The summed E-state index contributed by atoms with van der Waals surface area (Å²) in [6.45, 7) is 9.46. The summed E-state index contributed by atoms with van der Waals surface area (Å²) in [6, 6.07) is 0.415. The molecule has 0 aromatic carbocycles. The lowest BCUT2D eigenvalue weighted by atomic mass is 9.92. The van der Waals surface area contributed by atoms with Crippen LogP contribution in [0.5, 0.6) is 0 Å². The topological polar surface area (TPSA) is 88.6 Å². The number of ether oxygens (including phenoxy) is 3. The summed E-state index contributed by atoms with van der Waals surface area (Å²) in [5.41, 5.74) is -0.467. The number of esters is 1. The van der Waals surface area contributed by atoms with Gasteiger partial charge in [-0.1, -0.05) is 0 Å². The van der Waals surface area contributed by atoms with E-state index in [9.17, 15) is 14.4 Å². The smallest absolute Gasteiger partial charge is 0.410 e. The molecule has 1 aliphatic carbocycles. The van der Waals surface area contributed by atoms with Crippen molar-refractivity contribution in [3.8, 4) is 0 Å². The van der Waals surface area contributed by atoms with Crippen LogP contribution < -0.4 is 0 Å². The van der Waals surface area contributed by atoms with E-state index in [-0.39, 0.29) is 36.8 Å². The number of amides is 3. The van der Waals surface area contributed by atoms with E-state index in [1.165, 1.54) is 7.11 Å². The number of rotatable bonds is 7. The molecule has 9 nitrogen and oxygen atoms in total. The molecule has 33 heavy (non-hydrogen) atoms. The van der Waals surface area contributed by atoms with Gasteiger partial charge in [-0.05, 0) is 71.6 Å². The third kappa shape index (κ3) is 7.48. The van der Waals surface area contributed by atoms with Crippen molar-refractivity contribution >= 4 is 18.1 Å². The van der Waals surface area contributed by atoms with Gasteiger partial charge in [0, 0.05) is 38.8 Å². The van der Waals surface area contributed by atoms with E-state index in [4.69, 9.17) is 9.47 Å². The van der Waals surface area contributed by atoms with Crippen molar-refractivity contribution in [2.75, 3.05) is 46.4 Å². The lowest BCUT2D eigenvalue weighted by Crippen LogP contribution is -2.43. The van der Waals surface area contributed by atoms with Crippen molar-refractivity contribution in [3.05, 3.63) is 0 Å². The number of carbonyl (C=O) groups is 3. The van der Waals surface area contributed by atoms with Gasteiger partial charge in [-0.25, -0.2) is 14.4 Å². The normalized spacial score (nSPS) is 24.8. The average Bonchev–Trinajstić information content (AvgIpc) is 3.15. The van der Waals surface area contributed by atoms with Crippen molar-refractivity contribution < 1.29 is 28.6 Å². The van der Waals surface area contributed by atoms with E-state index >= 15 is 0 Å². The number of nitrogens with zero attached hydrogens (tertiary/aromatic N) is 3. The number of hydrogen-bond donors (Lipinski definition) is 0. The summed E-state index contributed by atoms with van der Waals surface area (Å²) >= 11 is 0. The minimum Gasteiger partial charge on any atom is -0.467 e. The number of hydrogen-bond acceptors (Lipinski definition) is 6. The van der Waals surface area contributed by atoms with Gasteiger partial charge in [0.15, 0.2) is 0 Å². The van der Waals surface area contributed by atoms with E-state index in [1.807, 2.05) is 30.6 Å². The first kappa shape index (κ1) is 25.6. The molecule has 3 amide bonds. The Morgan fingerprint density at radius 3 is 2.24 bits per heavy atom. The first-order valence-electron chi connectivity index (χ1n) is 12.4. The molecule has 3 fully saturated rings. The van der Waals surface area contributed by atoms with Crippen LogP contribution in [0.2, 0.25) is 0 Å². The Morgan fingerprint density at radius 1 is 0.970 bits per heavy atom. The predicted molar refractivity (Wildman–Crippen MR) is 123 cm³/mol. The number of carbonyl (C=O) groups excluding carboxylic acids is 3. The summed E-state index contributed by atoms with van der Waals surface area (Å²) in [4.78, 5) is 42.3. The maximum Gasteiger partial charge on any atom is 0.410 e. The highest BCUT2D eigenvalue weighted by Crippen LogP contribution is 2.29. The largest absolute Gasteiger partial charge is 0.467 e. The fourth-order valence-electron chi connectivity index (χ4n) is 4.99. The van der Waals surface area contributed by atoms with Crippen LogP contribution in [-0.4, -0.2) is 97.0 Å². The Bertz CT molecular complexity index is 678. The van der Waals surface area contributed by atoms with E-state index < -0.39 is 5.60 Å². The number of methoxy groups -OCH3 is 1. The minimum absolute atomic E-state index is 0.00104. The number of piperidine rings is 1. The van der Waals surface area contributed by atoms with Crippen LogP contribution in [0, 0.1) is 5.92 Å². The molecule has 2 saturated heterocycles. The monoisotopic (exact) mass is 467 g/mol. The van der Waals surface area contributed by atoms with Gasteiger partial charge < -0.3 is 28.9 Å². The first-order chi connectivity index (χ1) is 15.7. The molecule has 0 atom stereocenters. The standard InChI is InChI=1S/C24H41N3O6/c1-24(2,3)33-23(30)26-13-10-18(11-14-26)9-12-25-15-16-27(22(25)29)19-5-7-20(8-6-19)32-17-21(28)31-4/h18-20H,5-17H2,1-4H3/t19-,20-. The molecule has 2 heterocycles. The van der Waals surface area contributed by atoms with Crippen molar-refractivity contribution in [2.45, 2.75) is 83.5 Å². The van der Waals surface area contributed by atoms with Crippen LogP contribution in [0.25, 0.3) is 0 Å². The summed E-state index contributed by atoms with van der Waals surface area (Å²) in [5.74, 6) is 0.186. The number of urea groups is 1. The second-order valence-corrected chi connectivity index (χ2v) is 10.5. The fourth-order valence-corrected chi connectivity index (χ4v) is 4.99. The summed E-state index contributed by atoms with van der Waals surface area (Å²) in [7, 11) is 1.36.